The summed E-state index contributed by atoms with van der Waals surface area (Å²) in [6.07, 6.45) is -0.863. The molecule has 0 unspecified atom stereocenters. The first-order valence-corrected chi connectivity index (χ1v) is 6.29. The van der Waals surface area contributed by atoms with Gasteiger partial charge in [0.25, 0.3) is 5.91 Å². The molecule has 2 N–H and O–H groups in total. The van der Waals surface area contributed by atoms with E-state index in [-0.39, 0.29) is 0 Å². The van der Waals surface area contributed by atoms with Gasteiger partial charge >= 0.3 is 0 Å². The van der Waals surface area contributed by atoms with Crippen molar-refractivity contribution in [3.8, 4) is 5.75 Å². The molecule has 1 atom stereocenters. The van der Waals surface area contributed by atoms with E-state index in [2.05, 4.69) is 0 Å². The lowest BCUT2D eigenvalue weighted by Crippen LogP contribution is -2.26. The average molecular weight is 296 g/mol. The van der Waals surface area contributed by atoms with Gasteiger partial charge in [0, 0.05) is 15.6 Å². The van der Waals surface area contributed by atoms with Gasteiger partial charge in [-0.3, -0.25) is 4.79 Å². The Kier molecular flexibility index (Phi) is 4.30. The summed E-state index contributed by atoms with van der Waals surface area (Å²) in [5.41, 5.74) is 6.01. The first-order valence-electron chi connectivity index (χ1n) is 5.53. The average Bonchev–Trinajstić information content (AvgIpc) is 2.39. The molecule has 0 aliphatic carbocycles. The maximum atomic E-state index is 11.5. The minimum Gasteiger partial charge on any atom is -0.476 e. The minimum absolute atomic E-state index is 0.517. The van der Waals surface area contributed by atoms with Gasteiger partial charge < -0.3 is 10.5 Å². The highest BCUT2D eigenvalue weighted by molar-refractivity contribution is 6.30. The molecule has 5 heteroatoms. The summed E-state index contributed by atoms with van der Waals surface area (Å²) >= 11 is 11.6. The summed E-state index contributed by atoms with van der Waals surface area (Å²) in [6.45, 7) is 0. The molecule has 98 valence electrons. The number of amides is 1. The van der Waals surface area contributed by atoms with Gasteiger partial charge in [-0.1, -0.05) is 35.3 Å². The fourth-order valence-electron chi connectivity index (χ4n) is 1.58. The van der Waals surface area contributed by atoms with Crippen molar-refractivity contribution < 1.29 is 9.53 Å². The van der Waals surface area contributed by atoms with Crippen molar-refractivity contribution in [2.45, 2.75) is 6.10 Å². The largest absolute Gasteiger partial charge is 0.476 e. The van der Waals surface area contributed by atoms with E-state index in [9.17, 15) is 4.79 Å². The predicted octanol–water partition coefficient (Wildman–Crippen LogP) is 3.60. The monoisotopic (exact) mass is 295 g/mol. The Balaban J connectivity index is 2.23. The third-order valence-electron chi connectivity index (χ3n) is 2.50. The summed E-state index contributed by atoms with van der Waals surface area (Å²) in [6, 6.07) is 13.5. The Hall–Kier alpha value is -1.71. The number of primary amides is 1. The Morgan fingerprint density at radius 1 is 0.947 bits per heavy atom. The highest BCUT2D eigenvalue weighted by atomic mass is 35.5. The maximum absolute atomic E-state index is 11.5. The van der Waals surface area contributed by atoms with Crippen molar-refractivity contribution in [1.29, 1.82) is 0 Å². The quantitative estimate of drug-likeness (QED) is 0.937. The summed E-state index contributed by atoms with van der Waals surface area (Å²) in [7, 11) is 0. The van der Waals surface area contributed by atoms with E-state index in [1.807, 2.05) is 0 Å². The molecule has 0 bridgehead atoms. The van der Waals surface area contributed by atoms with E-state index in [1.54, 1.807) is 48.5 Å². The lowest BCUT2D eigenvalue weighted by Gasteiger charge is -2.16. The smallest absolute Gasteiger partial charge is 0.263 e. The van der Waals surface area contributed by atoms with Crippen LogP contribution in [0.3, 0.4) is 0 Å². The van der Waals surface area contributed by atoms with Crippen LogP contribution in [0.1, 0.15) is 11.7 Å². The van der Waals surface area contributed by atoms with E-state index in [0.717, 1.165) is 0 Å². The number of carbonyl (C=O) groups excluding carboxylic acids is 1. The van der Waals surface area contributed by atoms with Gasteiger partial charge in [-0.2, -0.15) is 0 Å². The summed E-state index contributed by atoms with van der Waals surface area (Å²) in [4.78, 5) is 11.5. The van der Waals surface area contributed by atoms with Crippen LogP contribution in [-0.2, 0) is 4.79 Å². The van der Waals surface area contributed by atoms with E-state index >= 15 is 0 Å². The van der Waals surface area contributed by atoms with Gasteiger partial charge in [-0.15, -0.1) is 0 Å². The van der Waals surface area contributed by atoms with Crippen molar-refractivity contribution in [3.05, 3.63) is 64.1 Å². The topological polar surface area (TPSA) is 52.3 Å². The lowest BCUT2D eigenvalue weighted by molar-refractivity contribution is -0.125. The molecule has 1 amide bonds. The number of carbonyl (C=O) groups is 1. The number of benzene rings is 2. The van der Waals surface area contributed by atoms with E-state index in [1.165, 1.54) is 0 Å². The van der Waals surface area contributed by atoms with Crippen LogP contribution in [0.15, 0.2) is 48.5 Å². The SMILES string of the molecule is NC(=O)[C@@H](Oc1ccc(Cl)cc1)c1ccc(Cl)cc1. The molecule has 0 aliphatic heterocycles. The molecule has 0 spiro atoms. The van der Waals surface area contributed by atoms with Crippen LogP contribution >= 0.6 is 23.2 Å². The molecule has 0 aliphatic rings. The molecular formula is C14H11Cl2NO2. The van der Waals surface area contributed by atoms with Gasteiger partial charge in [-0.05, 0) is 36.4 Å². The van der Waals surface area contributed by atoms with Gasteiger partial charge in [-0.25, -0.2) is 0 Å². The zero-order chi connectivity index (χ0) is 13.8. The van der Waals surface area contributed by atoms with E-state index in [4.69, 9.17) is 33.7 Å². The van der Waals surface area contributed by atoms with Crippen molar-refractivity contribution in [2.75, 3.05) is 0 Å². The van der Waals surface area contributed by atoms with Gasteiger partial charge in [0.1, 0.15) is 5.75 Å². The van der Waals surface area contributed by atoms with Crippen LogP contribution in [0.2, 0.25) is 10.0 Å². The maximum Gasteiger partial charge on any atom is 0.263 e. The van der Waals surface area contributed by atoms with Crippen molar-refractivity contribution >= 4 is 29.1 Å². The number of hydrogen-bond acceptors (Lipinski definition) is 2. The zero-order valence-corrected chi connectivity index (χ0v) is 11.4. The fraction of sp³-hybridized carbons (Fsp3) is 0.0714. The molecule has 0 saturated heterocycles. The van der Waals surface area contributed by atoms with Gasteiger partial charge in [0.05, 0.1) is 0 Å². The Labute approximate surface area is 120 Å². The molecule has 2 aromatic carbocycles. The van der Waals surface area contributed by atoms with Crippen LogP contribution in [0.5, 0.6) is 5.75 Å². The van der Waals surface area contributed by atoms with Gasteiger partial charge in [0.2, 0.25) is 6.10 Å². The van der Waals surface area contributed by atoms with Crippen LogP contribution < -0.4 is 10.5 Å². The molecule has 0 heterocycles. The van der Waals surface area contributed by atoms with Crippen LogP contribution in [0.4, 0.5) is 0 Å². The molecule has 0 radical (unpaired) electrons. The number of halogens is 2. The van der Waals surface area contributed by atoms with Crippen LogP contribution in [-0.4, -0.2) is 5.91 Å². The molecule has 2 aromatic rings. The standard InChI is InChI=1S/C14H11Cl2NO2/c15-10-3-1-9(2-4-10)13(14(17)18)19-12-7-5-11(16)6-8-12/h1-8,13H,(H2,17,18)/t13-/m0/s1. The normalized spacial score (nSPS) is 11.9. The molecule has 3 nitrogen and oxygen atoms in total. The zero-order valence-electron chi connectivity index (χ0n) is 9.85. The molecular weight excluding hydrogens is 285 g/mol. The lowest BCUT2D eigenvalue weighted by atomic mass is 10.1. The first kappa shape index (κ1) is 13.7. The van der Waals surface area contributed by atoms with E-state index < -0.39 is 12.0 Å². The Morgan fingerprint density at radius 3 is 1.89 bits per heavy atom. The first-order chi connectivity index (χ1) is 9.06. The second kappa shape index (κ2) is 5.95. The molecule has 0 saturated carbocycles. The number of ether oxygens (including phenoxy) is 1. The van der Waals surface area contributed by atoms with Crippen LogP contribution in [0, 0.1) is 0 Å². The summed E-state index contributed by atoms with van der Waals surface area (Å²) < 4.78 is 5.58. The summed E-state index contributed by atoms with van der Waals surface area (Å²) in [5, 5.41) is 1.17. The third kappa shape index (κ3) is 3.63. The summed E-state index contributed by atoms with van der Waals surface area (Å²) in [5.74, 6) is -0.0552. The molecule has 0 aromatic heterocycles. The number of rotatable bonds is 4. The van der Waals surface area contributed by atoms with Gasteiger partial charge in [0.15, 0.2) is 0 Å². The fourth-order valence-corrected chi connectivity index (χ4v) is 1.83. The predicted molar refractivity (Wildman–Crippen MR) is 75.5 cm³/mol. The molecule has 2 rings (SSSR count). The third-order valence-corrected chi connectivity index (χ3v) is 3.00. The Morgan fingerprint density at radius 2 is 1.42 bits per heavy atom. The number of nitrogens with two attached hydrogens (primary N) is 1. The number of hydrogen-bond donors (Lipinski definition) is 1. The minimum atomic E-state index is -0.863. The van der Waals surface area contributed by atoms with Crippen molar-refractivity contribution in [3.63, 3.8) is 0 Å². The second-order valence-electron chi connectivity index (χ2n) is 3.91. The van der Waals surface area contributed by atoms with Crippen molar-refractivity contribution in [1.82, 2.24) is 0 Å². The highest BCUT2D eigenvalue weighted by Gasteiger charge is 2.19. The van der Waals surface area contributed by atoms with Crippen molar-refractivity contribution in [2.24, 2.45) is 5.73 Å². The van der Waals surface area contributed by atoms with E-state index in [0.29, 0.717) is 21.4 Å². The second-order valence-corrected chi connectivity index (χ2v) is 4.78. The highest BCUT2D eigenvalue weighted by Crippen LogP contribution is 2.24. The Bertz CT molecular complexity index is 567. The molecule has 0 fully saturated rings. The molecule has 19 heavy (non-hydrogen) atoms. The van der Waals surface area contributed by atoms with Crippen LogP contribution in [0.25, 0.3) is 0 Å².